The van der Waals surface area contributed by atoms with E-state index in [9.17, 15) is 13.2 Å². The lowest BCUT2D eigenvalue weighted by Gasteiger charge is -2.13. The summed E-state index contributed by atoms with van der Waals surface area (Å²) in [6, 6.07) is 9.57. The standard InChI is InChI=1S/C15H12ClF3N2/c1-9(13-8-11(20)4-7-14(13)16)21-12-5-2-10(3-6-12)15(17,18)19/h2-8,21H,1,20H2. The molecule has 0 aliphatic rings. The van der Waals surface area contributed by atoms with Crippen LogP contribution in [0, 0.1) is 0 Å². The Bertz CT molecular complexity index is 664. The predicted molar refractivity (Wildman–Crippen MR) is 80.0 cm³/mol. The van der Waals surface area contributed by atoms with Gasteiger partial charge in [-0.15, -0.1) is 0 Å². The molecule has 0 heterocycles. The average Bonchev–Trinajstić information content (AvgIpc) is 2.41. The van der Waals surface area contributed by atoms with Crippen LogP contribution in [0.3, 0.4) is 0 Å². The zero-order valence-electron chi connectivity index (χ0n) is 10.8. The molecule has 110 valence electrons. The number of halogens is 4. The Balaban J connectivity index is 2.18. The first-order chi connectivity index (χ1) is 9.77. The number of nitrogens with one attached hydrogen (secondary N) is 1. The lowest BCUT2D eigenvalue weighted by atomic mass is 10.1. The van der Waals surface area contributed by atoms with E-state index < -0.39 is 11.7 Å². The molecule has 2 rings (SSSR count). The summed E-state index contributed by atoms with van der Waals surface area (Å²) >= 11 is 6.04. The number of anilines is 2. The van der Waals surface area contributed by atoms with Gasteiger partial charge in [0.15, 0.2) is 0 Å². The van der Waals surface area contributed by atoms with Gasteiger partial charge < -0.3 is 11.1 Å². The van der Waals surface area contributed by atoms with Gasteiger partial charge in [-0.2, -0.15) is 13.2 Å². The maximum Gasteiger partial charge on any atom is 0.416 e. The lowest BCUT2D eigenvalue weighted by Crippen LogP contribution is -2.05. The zero-order chi connectivity index (χ0) is 15.6. The number of hydrogen-bond donors (Lipinski definition) is 2. The van der Waals surface area contributed by atoms with Gasteiger partial charge in [0.1, 0.15) is 0 Å². The third-order valence-electron chi connectivity index (χ3n) is 2.82. The fraction of sp³-hybridized carbons (Fsp3) is 0.0667. The van der Waals surface area contributed by atoms with Crippen molar-refractivity contribution in [3.8, 4) is 0 Å². The molecule has 21 heavy (non-hydrogen) atoms. The van der Waals surface area contributed by atoms with E-state index in [1.165, 1.54) is 12.1 Å². The molecule has 0 amide bonds. The van der Waals surface area contributed by atoms with Crippen LogP contribution in [0.2, 0.25) is 5.02 Å². The quantitative estimate of drug-likeness (QED) is 0.781. The Hall–Kier alpha value is -2.14. The minimum absolute atomic E-state index is 0.451. The third-order valence-corrected chi connectivity index (χ3v) is 3.15. The molecule has 2 aromatic rings. The van der Waals surface area contributed by atoms with Crippen LogP contribution in [0.5, 0.6) is 0 Å². The van der Waals surface area contributed by atoms with Gasteiger partial charge in [0.25, 0.3) is 0 Å². The third kappa shape index (κ3) is 3.70. The van der Waals surface area contributed by atoms with Gasteiger partial charge in [0.05, 0.1) is 10.6 Å². The van der Waals surface area contributed by atoms with Crippen molar-refractivity contribution in [2.24, 2.45) is 0 Å². The molecule has 0 aromatic heterocycles. The molecule has 0 spiro atoms. The van der Waals surface area contributed by atoms with Crippen molar-refractivity contribution in [3.05, 3.63) is 65.2 Å². The van der Waals surface area contributed by atoms with E-state index in [1.54, 1.807) is 18.2 Å². The van der Waals surface area contributed by atoms with Crippen molar-refractivity contribution >= 4 is 28.7 Å². The summed E-state index contributed by atoms with van der Waals surface area (Å²) in [5, 5.41) is 3.36. The van der Waals surface area contributed by atoms with Crippen molar-refractivity contribution < 1.29 is 13.2 Å². The lowest BCUT2D eigenvalue weighted by molar-refractivity contribution is -0.137. The highest BCUT2D eigenvalue weighted by atomic mass is 35.5. The molecule has 0 fully saturated rings. The molecule has 6 heteroatoms. The zero-order valence-corrected chi connectivity index (χ0v) is 11.6. The SMILES string of the molecule is C=C(Nc1ccc(C(F)(F)F)cc1)c1cc(N)ccc1Cl. The van der Waals surface area contributed by atoms with E-state index in [0.717, 1.165) is 12.1 Å². The molecular formula is C15H12ClF3N2. The largest absolute Gasteiger partial charge is 0.416 e. The van der Waals surface area contributed by atoms with Gasteiger partial charge in [-0.1, -0.05) is 18.2 Å². The van der Waals surface area contributed by atoms with Crippen LogP contribution < -0.4 is 11.1 Å². The number of benzene rings is 2. The summed E-state index contributed by atoms with van der Waals surface area (Å²) in [6.07, 6.45) is -4.35. The van der Waals surface area contributed by atoms with Crippen LogP contribution in [0.25, 0.3) is 5.70 Å². The Morgan fingerprint density at radius 2 is 1.71 bits per heavy atom. The van der Waals surface area contributed by atoms with Crippen LogP contribution in [-0.4, -0.2) is 0 Å². The van der Waals surface area contributed by atoms with Crippen molar-refractivity contribution in [2.75, 3.05) is 11.1 Å². The first-order valence-corrected chi connectivity index (χ1v) is 6.34. The van der Waals surface area contributed by atoms with Gasteiger partial charge in [0, 0.05) is 22.6 Å². The average molecular weight is 313 g/mol. The maximum absolute atomic E-state index is 12.5. The number of rotatable bonds is 3. The maximum atomic E-state index is 12.5. The number of nitrogen functional groups attached to an aromatic ring is 1. The van der Waals surface area contributed by atoms with E-state index in [0.29, 0.717) is 27.7 Å². The number of nitrogens with two attached hydrogens (primary N) is 1. The summed E-state index contributed by atoms with van der Waals surface area (Å²) in [4.78, 5) is 0. The fourth-order valence-corrected chi connectivity index (χ4v) is 1.99. The van der Waals surface area contributed by atoms with Gasteiger partial charge in [-0.3, -0.25) is 0 Å². The smallest absolute Gasteiger partial charge is 0.399 e. The molecule has 0 atom stereocenters. The second-order valence-electron chi connectivity index (χ2n) is 4.42. The molecule has 0 aliphatic carbocycles. The second kappa shape index (κ2) is 5.69. The summed E-state index contributed by atoms with van der Waals surface area (Å²) in [7, 11) is 0. The van der Waals surface area contributed by atoms with Gasteiger partial charge >= 0.3 is 6.18 Å². The van der Waals surface area contributed by atoms with Crippen LogP contribution in [0.15, 0.2) is 49.0 Å². The highest BCUT2D eigenvalue weighted by Gasteiger charge is 2.29. The summed E-state index contributed by atoms with van der Waals surface area (Å²) in [5.41, 5.74) is 7.01. The fourth-order valence-electron chi connectivity index (χ4n) is 1.76. The van der Waals surface area contributed by atoms with Crippen molar-refractivity contribution in [1.29, 1.82) is 0 Å². The highest BCUT2D eigenvalue weighted by Crippen LogP contribution is 2.31. The second-order valence-corrected chi connectivity index (χ2v) is 4.83. The Kier molecular flexibility index (Phi) is 4.14. The first kappa shape index (κ1) is 15.3. The van der Waals surface area contributed by atoms with E-state index in [2.05, 4.69) is 11.9 Å². The predicted octanol–water partition coefficient (Wildman–Crippen LogP) is 5.02. The van der Waals surface area contributed by atoms with Crippen LogP contribution >= 0.6 is 11.6 Å². The molecule has 0 bridgehead atoms. The van der Waals surface area contributed by atoms with E-state index in [1.807, 2.05) is 0 Å². The molecule has 3 N–H and O–H groups in total. The van der Waals surface area contributed by atoms with Crippen LogP contribution in [0.1, 0.15) is 11.1 Å². The molecule has 0 saturated carbocycles. The minimum atomic E-state index is -4.35. The van der Waals surface area contributed by atoms with Crippen LogP contribution in [0.4, 0.5) is 24.5 Å². The summed E-state index contributed by atoms with van der Waals surface area (Å²) in [5.74, 6) is 0. The number of hydrogen-bond acceptors (Lipinski definition) is 2. The first-order valence-electron chi connectivity index (χ1n) is 5.96. The molecule has 0 aliphatic heterocycles. The molecule has 0 unspecified atom stereocenters. The summed E-state index contributed by atoms with van der Waals surface area (Å²) < 4.78 is 37.4. The Morgan fingerprint density at radius 1 is 1.10 bits per heavy atom. The van der Waals surface area contributed by atoms with Crippen molar-refractivity contribution in [3.63, 3.8) is 0 Å². The molecular weight excluding hydrogens is 301 g/mol. The van der Waals surface area contributed by atoms with Gasteiger partial charge in [-0.25, -0.2) is 0 Å². The minimum Gasteiger partial charge on any atom is -0.399 e. The van der Waals surface area contributed by atoms with Gasteiger partial charge in [0.2, 0.25) is 0 Å². The highest BCUT2D eigenvalue weighted by molar-refractivity contribution is 6.32. The molecule has 0 saturated heterocycles. The monoisotopic (exact) mass is 312 g/mol. The van der Waals surface area contributed by atoms with Crippen molar-refractivity contribution in [2.45, 2.75) is 6.18 Å². The Labute approximate surface area is 125 Å². The Morgan fingerprint density at radius 3 is 2.29 bits per heavy atom. The van der Waals surface area contributed by atoms with E-state index in [4.69, 9.17) is 17.3 Å². The topological polar surface area (TPSA) is 38.0 Å². The van der Waals surface area contributed by atoms with Crippen molar-refractivity contribution in [1.82, 2.24) is 0 Å². The normalized spacial score (nSPS) is 11.2. The summed E-state index contributed by atoms with van der Waals surface area (Å²) in [6.45, 7) is 3.82. The molecule has 2 aromatic carbocycles. The molecule has 0 radical (unpaired) electrons. The molecule has 2 nitrogen and oxygen atoms in total. The van der Waals surface area contributed by atoms with Gasteiger partial charge in [-0.05, 0) is 42.5 Å². The van der Waals surface area contributed by atoms with E-state index >= 15 is 0 Å². The van der Waals surface area contributed by atoms with Crippen LogP contribution in [-0.2, 0) is 6.18 Å². The van der Waals surface area contributed by atoms with E-state index in [-0.39, 0.29) is 0 Å². The number of alkyl halides is 3.